The number of amidine groups is 1. The van der Waals surface area contributed by atoms with Crippen LogP contribution in [0.5, 0.6) is 0 Å². The Kier molecular flexibility index (Phi) is 4.05. The molecule has 0 aliphatic carbocycles. The summed E-state index contributed by atoms with van der Waals surface area (Å²) in [6, 6.07) is 16.4. The van der Waals surface area contributed by atoms with E-state index in [1.54, 1.807) is 0 Å². The maximum Gasteiger partial charge on any atom is 0.258 e. The van der Waals surface area contributed by atoms with Crippen molar-refractivity contribution in [1.82, 2.24) is 15.5 Å². The number of aromatic nitrogens is 2. The van der Waals surface area contributed by atoms with E-state index >= 15 is 0 Å². The Labute approximate surface area is 153 Å². The minimum Gasteiger partial charge on any atom is -0.366 e. The summed E-state index contributed by atoms with van der Waals surface area (Å²) in [7, 11) is 0. The van der Waals surface area contributed by atoms with Gasteiger partial charge in [0, 0.05) is 26.3 Å². The normalized spacial score (nSPS) is 16.8. The van der Waals surface area contributed by atoms with Gasteiger partial charge in [0.2, 0.25) is 5.82 Å². The molecule has 0 radical (unpaired) electrons. The molecule has 0 spiro atoms. The van der Waals surface area contributed by atoms with Gasteiger partial charge in [0.15, 0.2) is 0 Å². The molecule has 0 bridgehead atoms. The van der Waals surface area contributed by atoms with E-state index in [0.717, 1.165) is 29.1 Å². The zero-order valence-electron chi connectivity index (χ0n) is 13.0. The van der Waals surface area contributed by atoms with Crippen LogP contribution in [0, 0.1) is 3.57 Å². The maximum atomic E-state index is 5.42. The summed E-state index contributed by atoms with van der Waals surface area (Å²) in [6.07, 6.45) is 0. The lowest BCUT2D eigenvalue weighted by Crippen LogP contribution is -2.27. The fourth-order valence-corrected chi connectivity index (χ4v) is 2.94. The predicted octanol–water partition coefficient (Wildman–Crippen LogP) is 3.75. The molecule has 3 aromatic rings. The van der Waals surface area contributed by atoms with Gasteiger partial charge < -0.3 is 9.84 Å². The van der Waals surface area contributed by atoms with E-state index in [2.05, 4.69) is 50.0 Å². The van der Waals surface area contributed by atoms with Crippen LogP contribution in [0.2, 0.25) is 0 Å². The fraction of sp³-hybridized carbons (Fsp3) is 0.167. The second-order valence-electron chi connectivity index (χ2n) is 5.75. The van der Waals surface area contributed by atoms with E-state index in [1.165, 1.54) is 3.57 Å². The molecule has 2 aromatic carbocycles. The molecule has 1 N–H and O–H groups in total. The fourth-order valence-electron chi connectivity index (χ4n) is 2.58. The first-order valence-corrected chi connectivity index (χ1v) is 8.78. The summed E-state index contributed by atoms with van der Waals surface area (Å²) in [4.78, 5) is 9.05. The van der Waals surface area contributed by atoms with Crippen LogP contribution in [-0.2, 0) is 0 Å². The van der Waals surface area contributed by atoms with Crippen molar-refractivity contribution >= 4 is 28.4 Å². The van der Waals surface area contributed by atoms with Gasteiger partial charge in [-0.15, -0.1) is 0 Å². The topological polar surface area (TPSA) is 63.3 Å². The third-order valence-electron chi connectivity index (χ3n) is 3.82. The molecule has 5 nitrogen and oxygen atoms in total. The smallest absolute Gasteiger partial charge is 0.258 e. The third-order valence-corrected chi connectivity index (χ3v) is 4.54. The molecule has 120 valence electrons. The summed E-state index contributed by atoms with van der Waals surface area (Å²) in [6.45, 7) is 2.92. The Morgan fingerprint density at radius 1 is 1.08 bits per heavy atom. The van der Waals surface area contributed by atoms with Crippen molar-refractivity contribution in [3.05, 3.63) is 57.7 Å². The summed E-state index contributed by atoms with van der Waals surface area (Å²) in [5.74, 6) is 2.03. The lowest BCUT2D eigenvalue weighted by atomic mass is 10.1. The molecule has 1 aliphatic heterocycles. The summed E-state index contributed by atoms with van der Waals surface area (Å²) >= 11 is 2.27. The van der Waals surface area contributed by atoms with Crippen molar-refractivity contribution in [2.45, 2.75) is 13.0 Å². The number of benzene rings is 2. The van der Waals surface area contributed by atoms with E-state index < -0.39 is 0 Å². The quantitative estimate of drug-likeness (QED) is 0.644. The van der Waals surface area contributed by atoms with Crippen molar-refractivity contribution in [3.63, 3.8) is 0 Å². The summed E-state index contributed by atoms with van der Waals surface area (Å²) in [5.41, 5.74) is 2.87. The number of nitrogens with one attached hydrogen (secondary N) is 1. The van der Waals surface area contributed by atoms with Crippen LogP contribution in [0.3, 0.4) is 0 Å². The zero-order chi connectivity index (χ0) is 16.5. The Balaban J connectivity index is 1.64. The van der Waals surface area contributed by atoms with E-state index in [-0.39, 0.29) is 0 Å². The Hall–Kier alpha value is -2.22. The number of aliphatic imine (C=N–C) groups is 1. The van der Waals surface area contributed by atoms with Crippen LogP contribution in [-0.4, -0.2) is 28.6 Å². The van der Waals surface area contributed by atoms with E-state index in [1.807, 2.05) is 48.5 Å². The van der Waals surface area contributed by atoms with E-state index in [0.29, 0.717) is 17.8 Å². The number of hydrogen-bond acceptors (Lipinski definition) is 5. The molecule has 1 atom stereocenters. The SMILES string of the molecule is CC1CN=C(c2cccc(-c3noc(-c4ccc(I)cc4)n3)c2)N1. The van der Waals surface area contributed by atoms with Crippen molar-refractivity contribution in [1.29, 1.82) is 0 Å². The van der Waals surface area contributed by atoms with Crippen molar-refractivity contribution in [2.75, 3.05) is 6.54 Å². The van der Waals surface area contributed by atoms with Gasteiger partial charge in [-0.2, -0.15) is 4.98 Å². The molecular formula is C18H15IN4O. The monoisotopic (exact) mass is 430 g/mol. The maximum absolute atomic E-state index is 5.42. The number of hydrogen-bond donors (Lipinski definition) is 1. The average molecular weight is 430 g/mol. The minimum atomic E-state index is 0.376. The standard InChI is InChI=1S/C18H15IN4O/c1-11-10-20-16(21-11)13-3-2-4-14(9-13)17-22-18(24-23-17)12-5-7-15(19)8-6-12/h2-9,11H,10H2,1H3,(H,20,21). The van der Waals surface area contributed by atoms with Gasteiger partial charge in [0.25, 0.3) is 5.89 Å². The highest BCUT2D eigenvalue weighted by Crippen LogP contribution is 2.23. The third kappa shape index (κ3) is 3.06. The highest BCUT2D eigenvalue weighted by molar-refractivity contribution is 14.1. The van der Waals surface area contributed by atoms with Gasteiger partial charge >= 0.3 is 0 Å². The molecule has 0 saturated heterocycles. The first-order valence-electron chi connectivity index (χ1n) is 7.70. The van der Waals surface area contributed by atoms with Crippen LogP contribution < -0.4 is 5.32 Å². The van der Waals surface area contributed by atoms with Gasteiger partial charge in [-0.05, 0) is 59.8 Å². The van der Waals surface area contributed by atoms with Crippen LogP contribution >= 0.6 is 22.6 Å². The van der Waals surface area contributed by atoms with Gasteiger partial charge in [0.05, 0.1) is 6.54 Å². The molecule has 2 heterocycles. The van der Waals surface area contributed by atoms with Crippen molar-refractivity contribution < 1.29 is 4.52 Å². The largest absolute Gasteiger partial charge is 0.366 e. The number of nitrogens with zero attached hydrogens (tertiary/aromatic N) is 3. The van der Waals surface area contributed by atoms with Gasteiger partial charge in [-0.25, -0.2) is 0 Å². The highest BCUT2D eigenvalue weighted by atomic mass is 127. The van der Waals surface area contributed by atoms with E-state index in [9.17, 15) is 0 Å². The lowest BCUT2D eigenvalue weighted by molar-refractivity contribution is 0.432. The second kappa shape index (κ2) is 6.35. The molecule has 4 rings (SSSR count). The summed E-state index contributed by atoms with van der Waals surface area (Å²) in [5, 5.41) is 7.49. The van der Waals surface area contributed by atoms with Crippen LogP contribution in [0.4, 0.5) is 0 Å². The molecule has 6 heteroatoms. The first-order chi connectivity index (χ1) is 11.7. The molecule has 0 amide bonds. The molecule has 1 aromatic heterocycles. The Bertz CT molecular complexity index is 901. The van der Waals surface area contributed by atoms with Crippen LogP contribution in [0.15, 0.2) is 58.0 Å². The van der Waals surface area contributed by atoms with Gasteiger partial charge in [-0.3, -0.25) is 4.99 Å². The first kappa shape index (κ1) is 15.3. The van der Waals surface area contributed by atoms with E-state index in [4.69, 9.17) is 4.52 Å². The van der Waals surface area contributed by atoms with Crippen molar-refractivity contribution in [3.8, 4) is 22.8 Å². The zero-order valence-corrected chi connectivity index (χ0v) is 15.2. The summed E-state index contributed by atoms with van der Waals surface area (Å²) < 4.78 is 6.59. The molecule has 0 saturated carbocycles. The second-order valence-corrected chi connectivity index (χ2v) is 6.99. The van der Waals surface area contributed by atoms with Crippen LogP contribution in [0.1, 0.15) is 12.5 Å². The number of halogens is 1. The molecular weight excluding hydrogens is 415 g/mol. The highest BCUT2D eigenvalue weighted by Gasteiger charge is 2.16. The Morgan fingerprint density at radius 3 is 2.62 bits per heavy atom. The molecule has 1 unspecified atom stereocenters. The van der Waals surface area contributed by atoms with Gasteiger partial charge in [-0.1, -0.05) is 23.4 Å². The molecule has 24 heavy (non-hydrogen) atoms. The average Bonchev–Trinajstić information content (AvgIpc) is 3.25. The molecule has 0 fully saturated rings. The van der Waals surface area contributed by atoms with Gasteiger partial charge in [0.1, 0.15) is 5.84 Å². The predicted molar refractivity (Wildman–Crippen MR) is 102 cm³/mol. The van der Waals surface area contributed by atoms with Crippen molar-refractivity contribution in [2.24, 2.45) is 4.99 Å². The lowest BCUT2D eigenvalue weighted by Gasteiger charge is -2.06. The molecule has 1 aliphatic rings. The number of rotatable bonds is 3. The minimum absolute atomic E-state index is 0.376. The Morgan fingerprint density at radius 2 is 1.88 bits per heavy atom. The van der Waals surface area contributed by atoms with Crippen LogP contribution in [0.25, 0.3) is 22.8 Å².